The van der Waals surface area contributed by atoms with Crippen LogP contribution in [0, 0.1) is 0 Å². The van der Waals surface area contributed by atoms with E-state index in [1.54, 1.807) is 7.11 Å². The summed E-state index contributed by atoms with van der Waals surface area (Å²) in [5.41, 5.74) is 1.09. The summed E-state index contributed by atoms with van der Waals surface area (Å²) in [6, 6.07) is 6.06. The number of morpholine rings is 1. The first-order chi connectivity index (χ1) is 10.4. The maximum Gasteiger partial charge on any atom is 0.167 e. The molecule has 2 heterocycles. The van der Waals surface area contributed by atoms with Gasteiger partial charge in [-0.15, -0.1) is 0 Å². The molecule has 2 fully saturated rings. The molecule has 1 aromatic rings. The lowest BCUT2D eigenvalue weighted by molar-refractivity contribution is 0.0248. The van der Waals surface area contributed by atoms with E-state index in [-0.39, 0.29) is 12.2 Å². The third kappa shape index (κ3) is 3.65. The molecule has 4 nitrogen and oxygen atoms in total. The Morgan fingerprint density at radius 3 is 3.05 bits per heavy atom. The van der Waals surface area contributed by atoms with E-state index < -0.39 is 0 Å². The van der Waals surface area contributed by atoms with E-state index in [0.29, 0.717) is 0 Å². The van der Waals surface area contributed by atoms with Gasteiger partial charge in [-0.3, -0.25) is 0 Å². The fourth-order valence-electron chi connectivity index (χ4n) is 2.81. The topological polar surface area (TPSA) is 39.7 Å². The molecule has 2 aliphatic heterocycles. The van der Waals surface area contributed by atoms with E-state index in [4.69, 9.17) is 14.2 Å². The third-order valence-electron chi connectivity index (χ3n) is 3.91. The van der Waals surface area contributed by atoms with Crippen LogP contribution in [0.25, 0.3) is 0 Å². The van der Waals surface area contributed by atoms with Gasteiger partial charge in [-0.05, 0) is 24.7 Å². The smallest absolute Gasteiger partial charge is 0.167 e. The molecule has 2 aliphatic rings. The molecule has 0 spiro atoms. The van der Waals surface area contributed by atoms with Crippen molar-refractivity contribution in [2.75, 3.05) is 38.3 Å². The molecule has 1 aromatic carbocycles. The number of ether oxygens (including phenoxy) is 3. The second-order valence-corrected chi connectivity index (χ2v) is 6.55. The quantitative estimate of drug-likeness (QED) is 0.926. The number of nitrogens with one attached hydrogen (secondary N) is 1. The van der Waals surface area contributed by atoms with E-state index >= 15 is 0 Å². The monoisotopic (exact) mass is 309 g/mol. The zero-order chi connectivity index (χ0) is 14.5. The van der Waals surface area contributed by atoms with E-state index in [1.165, 1.54) is 12.2 Å². The summed E-state index contributed by atoms with van der Waals surface area (Å²) < 4.78 is 17.7. The Morgan fingerprint density at radius 1 is 1.38 bits per heavy atom. The van der Waals surface area contributed by atoms with Crippen LogP contribution in [0.5, 0.6) is 11.5 Å². The molecule has 0 aromatic heterocycles. The lowest BCUT2D eigenvalue weighted by Gasteiger charge is -2.29. The third-order valence-corrected chi connectivity index (χ3v) is 5.09. The van der Waals surface area contributed by atoms with Crippen LogP contribution >= 0.6 is 11.8 Å². The van der Waals surface area contributed by atoms with Gasteiger partial charge in [0.2, 0.25) is 0 Å². The average Bonchev–Trinajstić information content (AvgIpc) is 2.57. The highest BCUT2D eigenvalue weighted by Gasteiger charge is 2.25. The number of methoxy groups -OCH3 is 1. The van der Waals surface area contributed by atoms with Crippen molar-refractivity contribution in [1.82, 2.24) is 5.32 Å². The molecule has 0 radical (unpaired) electrons. The minimum Gasteiger partial charge on any atom is -0.493 e. The number of thioether (sulfide) groups is 1. The maximum atomic E-state index is 6.31. The average molecular weight is 309 g/mol. The van der Waals surface area contributed by atoms with Gasteiger partial charge in [0, 0.05) is 24.4 Å². The highest BCUT2D eigenvalue weighted by Crippen LogP contribution is 2.38. The van der Waals surface area contributed by atoms with Gasteiger partial charge >= 0.3 is 0 Å². The van der Waals surface area contributed by atoms with Gasteiger partial charge in [0.15, 0.2) is 11.5 Å². The summed E-state index contributed by atoms with van der Waals surface area (Å²) in [5, 5.41) is 3.38. The van der Waals surface area contributed by atoms with Crippen molar-refractivity contribution in [2.24, 2.45) is 0 Å². The summed E-state index contributed by atoms with van der Waals surface area (Å²) >= 11 is 1.97. The Morgan fingerprint density at radius 2 is 2.33 bits per heavy atom. The zero-order valence-electron chi connectivity index (χ0n) is 12.5. The van der Waals surface area contributed by atoms with Gasteiger partial charge < -0.3 is 19.5 Å². The Balaban J connectivity index is 1.83. The highest BCUT2D eigenvalue weighted by molar-refractivity contribution is 7.99. The SMILES string of the molecule is COc1cccc(C2CNCCO2)c1OC1CCCSC1. The Kier molecular flexibility index (Phi) is 5.27. The fourth-order valence-corrected chi connectivity index (χ4v) is 3.84. The normalized spacial score (nSPS) is 26.3. The van der Waals surface area contributed by atoms with Crippen molar-refractivity contribution in [3.63, 3.8) is 0 Å². The van der Waals surface area contributed by atoms with Crippen LogP contribution < -0.4 is 14.8 Å². The van der Waals surface area contributed by atoms with E-state index in [1.807, 2.05) is 23.9 Å². The van der Waals surface area contributed by atoms with E-state index in [0.717, 1.165) is 48.9 Å². The largest absolute Gasteiger partial charge is 0.493 e. The lowest BCUT2D eigenvalue weighted by Crippen LogP contribution is -2.34. The van der Waals surface area contributed by atoms with Crippen molar-refractivity contribution in [1.29, 1.82) is 0 Å². The molecule has 21 heavy (non-hydrogen) atoms. The van der Waals surface area contributed by atoms with Gasteiger partial charge in [-0.1, -0.05) is 12.1 Å². The summed E-state index contributed by atoms with van der Waals surface area (Å²) in [4.78, 5) is 0. The van der Waals surface area contributed by atoms with Crippen LogP contribution in [0.1, 0.15) is 24.5 Å². The fraction of sp³-hybridized carbons (Fsp3) is 0.625. The number of hydrogen-bond acceptors (Lipinski definition) is 5. The van der Waals surface area contributed by atoms with Gasteiger partial charge in [0.25, 0.3) is 0 Å². The summed E-state index contributed by atoms with van der Waals surface area (Å²) in [5.74, 6) is 3.97. The second-order valence-electron chi connectivity index (χ2n) is 5.40. The molecule has 5 heteroatoms. The van der Waals surface area contributed by atoms with Crippen molar-refractivity contribution in [3.8, 4) is 11.5 Å². The van der Waals surface area contributed by atoms with Crippen LogP contribution in [0.3, 0.4) is 0 Å². The maximum absolute atomic E-state index is 6.31. The Labute approximate surface area is 130 Å². The Hall–Kier alpha value is -0.910. The van der Waals surface area contributed by atoms with Crippen molar-refractivity contribution < 1.29 is 14.2 Å². The molecule has 0 amide bonds. The Bertz CT molecular complexity index is 457. The van der Waals surface area contributed by atoms with Crippen LogP contribution in [0.4, 0.5) is 0 Å². The minimum absolute atomic E-state index is 0.0418. The van der Waals surface area contributed by atoms with Crippen molar-refractivity contribution in [3.05, 3.63) is 23.8 Å². The predicted molar refractivity (Wildman–Crippen MR) is 85.5 cm³/mol. The molecule has 0 aliphatic carbocycles. The van der Waals surface area contributed by atoms with Gasteiger partial charge in [-0.2, -0.15) is 11.8 Å². The summed E-state index contributed by atoms with van der Waals surface area (Å²) in [6.45, 7) is 2.47. The number of rotatable bonds is 4. The first-order valence-corrected chi connectivity index (χ1v) is 8.77. The lowest BCUT2D eigenvalue weighted by atomic mass is 10.1. The van der Waals surface area contributed by atoms with Gasteiger partial charge in [0.05, 0.1) is 19.8 Å². The van der Waals surface area contributed by atoms with Crippen LogP contribution in [-0.2, 0) is 4.74 Å². The van der Waals surface area contributed by atoms with E-state index in [2.05, 4.69) is 11.4 Å². The first-order valence-electron chi connectivity index (χ1n) is 7.62. The van der Waals surface area contributed by atoms with Crippen LogP contribution in [0.15, 0.2) is 18.2 Å². The van der Waals surface area contributed by atoms with Crippen LogP contribution in [-0.4, -0.2) is 44.4 Å². The molecule has 1 N–H and O–H groups in total. The molecule has 2 atom stereocenters. The predicted octanol–water partition coefficient (Wildman–Crippen LogP) is 2.63. The molecule has 2 unspecified atom stereocenters. The summed E-state index contributed by atoms with van der Waals surface area (Å²) in [6.07, 6.45) is 2.66. The van der Waals surface area contributed by atoms with E-state index in [9.17, 15) is 0 Å². The standard InChI is InChI=1S/C16H23NO3S/c1-18-14-6-2-5-13(15-10-17-7-8-19-15)16(14)20-12-4-3-9-21-11-12/h2,5-6,12,15,17H,3-4,7-11H2,1H3. The minimum atomic E-state index is 0.0418. The van der Waals surface area contributed by atoms with Crippen LogP contribution in [0.2, 0.25) is 0 Å². The summed E-state index contributed by atoms with van der Waals surface area (Å²) in [7, 11) is 1.70. The molecule has 0 saturated carbocycles. The van der Waals surface area contributed by atoms with Crippen molar-refractivity contribution in [2.45, 2.75) is 25.0 Å². The molecule has 3 rings (SSSR count). The zero-order valence-corrected chi connectivity index (χ0v) is 13.3. The molecule has 2 saturated heterocycles. The first kappa shape index (κ1) is 15.0. The number of benzene rings is 1. The number of para-hydroxylation sites is 1. The molecule has 0 bridgehead atoms. The molecular weight excluding hydrogens is 286 g/mol. The molecule has 116 valence electrons. The molecular formula is C16H23NO3S. The highest BCUT2D eigenvalue weighted by atomic mass is 32.2. The van der Waals surface area contributed by atoms with Gasteiger partial charge in [-0.25, -0.2) is 0 Å². The van der Waals surface area contributed by atoms with Gasteiger partial charge in [0.1, 0.15) is 6.10 Å². The van der Waals surface area contributed by atoms with Crippen molar-refractivity contribution >= 4 is 11.8 Å². The number of hydrogen-bond donors (Lipinski definition) is 1. The second kappa shape index (κ2) is 7.38.